The van der Waals surface area contributed by atoms with Gasteiger partial charge < -0.3 is 14.4 Å². The zero-order valence-corrected chi connectivity index (χ0v) is 16.3. The number of aromatic nitrogens is 1. The van der Waals surface area contributed by atoms with Crippen LogP contribution in [0.1, 0.15) is 43.0 Å². The molecule has 5 heterocycles. The molecule has 2 atom stereocenters. The lowest BCUT2D eigenvalue weighted by atomic mass is 9.94. The summed E-state index contributed by atoms with van der Waals surface area (Å²) in [6.07, 6.45) is 8.10. The molecule has 0 saturated carbocycles. The maximum Gasteiger partial charge on any atom is 0.169 e. The van der Waals surface area contributed by atoms with E-state index in [1.54, 1.807) is 0 Å². The number of amidine groups is 1. The predicted octanol–water partition coefficient (Wildman–Crippen LogP) is 2.33. The van der Waals surface area contributed by atoms with Crippen molar-refractivity contribution in [1.82, 2.24) is 14.9 Å². The third-order valence-corrected chi connectivity index (χ3v) is 6.06. The number of allylic oxidation sites excluding steroid dienone is 1. The lowest BCUT2D eigenvalue weighted by molar-refractivity contribution is 0.0557. The molecule has 0 spiro atoms. The van der Waals surface area contributed by atoms with E-state index in [0.717, 1.165) is 63.9 Å². The molecule has 1 aromatic heterocycles. The highest BCUT2D eigenvalue weighted by molar-refractivity contribution is 6.04. The Morgan fingerprint density at radius 1 is 1.04 bits per heavy atom. The highest BCUT2D eigenvalue weighted by atomic mass is 16.5. The fraction of sp³-hybridized carbons (Fsp3) is 0.571. The summed E-state index contributed by atoms with van der Waals surface area (Å²) >= 11 is 0. The van der Waals surface area contributed by atoms with E-state index in [-0.39, 0.29) is 12.1 Å². The summed E-state index contributed by atoms with van der Waals surface area (Å²) in [6.45, 7) is 7.15. The third-order valence-electron chi connectivity index (χ3n) is 6.06. The van der Waals surface area contributed by atoms with Gasteiger partial charge in [0.15, 0.2) is 5.84 Å². The van der Waals surface area contributed by atoms with Crippen molar-refractivity contribution < 1.29 is 9.47 Å². The number of aliphatic imine (C=N–C) groups is 1. The number of morpholine rings is 1. The summed E-state index contributed by atoms with van der Waals surface area (Å²) in [5, 5.41) is 6.73. The monoisotopic (exact) mass is 381 g/mol. The smallest absolute Gasteiger partial charge is 0.169 e. The van der Waals surface area contributed by atoms with Crippen molar-refractivity contribution in [3.05, 3.63) is 41.4 Å². The van der Waals surface area contributed by atoms with Gasteiger partial charge in [0.05, 0.1) is 25.0 Å². The number of hydrogen-bond donors (Lipinski definition) is 0. The van der Waals surface area contributed by atoms with E-state index in [0.29, 0.717) is 5.92 Å². The highest BCUT2D eigenvalue weighted by Crippen LogP contribution is 2.36. The summed E-state index contributed by atoms with van der Waals surface area (Å²) in [5.41, 5.74) is 3.50. The van der Waals surface area contributed by atoms with Crippen molar-refractivity contribution >= 4 is 12.1 Å². The van der Waals surface area contributed by atoms with E-state index in [2.05, 4.69) is 40.1 Å². The number of fused-ring (bicyclic) bond motifs is 1. The average Bonchev–Trinajstić information content (AvgIpc) is 3.11. The standard InChI is InChI=1S/C21H27N5O2/c1-15-20(17-2-3-18(22-14-17)16-5-10-27-11-6-16)26-21(24-15)19(4-7-23-26)25-8-12-28-13-9-25/h2-4,7,14-16,20H,5-6,8-13H2,1H3. The van der Waals surface area contributed by atoms with E-state index in [1.165, 1.54) is 11.3 Å². The Balaban J connectivity index is 1.36. The first-order valence-corrected chi connectivity index (χ1v) is 10.3. The Hall–Kier alpha value is -2.25. The minimum atomic E-state index is 0.0900. The second-order valence-electron chi connectivity index (χ2n) is 7.80. The molecule has 0 N–H and O–H groups in total. The molecule has 0 bridgehead atoms. The van der Waals surface area contributed by atoms with Gasteiger partial charge in [0.1, 0.15) is 6.04 Å². The molecule has 0 aromatic carbocycles. The molecule has 0 amide bonds. The average molecular weight is 381 g/mol. The lowest BCUT2D eigenvalue weighted by Crippen LogP contribution is -2.42. The van der Waals surface area contributed by atoms with Gasteiger partial charge >= 0.3 is 0 Å². The molecule has 2 fully saturated rings. The van der Waals surface area contributed by atoms with Crippen LogP contribution in [-0.2, 0) is 9.47 Å². The Morgan fingerprint density at radius 2 is 1.82 bits per heavy atom. The molecule has 0 radical (unpaired) electrons. The highest BCUT2D eigenvalue weighted by Gasteiger charge is 2.39. The first-order chi connectivity index (χ1) is 13.8. The first-order valence-electron chi connectivity index (χ1n) is 10.3. The topological polar surface area (TPSA) is 62.5 Å². The minimum absolute atomic E-state index is 0.0900. The van der Waals surface area contributed by atoms with E-state index >= 15 is 0 Å². The van der Waals surface area contributed by atoms with Crippen LogP contribution in [0.2, 0.25) is 0 Å². The zero-order chi connectivity index (χ0) is 18.9. The van der Waals surface area contributed by atoms with Crippen LogP contribution in [0.25, 0.3) is 0 Å². The molecule has 7 nitrogen and oxygen atoms in total. The van der Waals surface area contributed by atoms with Crippen molar-refractivity contribution in [2.45, 2.75) is 37.8 Å². The van der Waals surface area contributed by atoms with Gasteiger partial charge in [-0.3, -0.25) is 9.98 Å². The van der Waals surface area contributed by atoms with E-state index in [4.69, 9.17) is 19.5 Å². The fourth-order valence-electron chi connectivity index (χ4n) is 4.52. The summed E-state index contributed by atoms with van der Waals surface area (Å²) in [5.74, 6) is 1.48. The Bertz CT molecular complexity index is 792. The van der Waals surface area contributed by atoms with Gasteiger partial charge in [0, 0.05) is 50.3 Å². The lowest BCUT2D eigenvalue weighted by Gasteiger charge is -2.35. The van der Waals surface area contributed by atoms with Gasteiger partial charge in [-0.05, 0) is 37.5 Å². The number of hydrazone groups is 1. The molecule has 4 aliphatic rings. The Kier molecular flexibility index (Phi) is 4.86. The second-order valence-corrected chi connectivity index (χ2v) is 7.80. The van der Waals surface area contributed by atoms with Crippen molar-refractivity contribution in [3.63, 3.8) is 0 Å². The second kappa shape index (κ2) is 7.64. The van der Waals surface area contributed by atoms with Gasteiger partial charge in [0.2, 0.25) is 0 Å². The van der Waals surface area contributed by atoms with Gasteiger partial charge in [-0.1, -0.05) is 6.07 Å². The maximum absolute atomic E-state index is 5.50. The number of ether oxygens (including phenoxy) is 2. The van der Waals surface area contributed by atoms with Crippen LogP contribution in [0.5, 0.6) is 0 Å². The summed E-state index contributed by atoms with van der Waals surface area (Å²) in [4.78, 5) is 12.1. The van der Waals surface area contributed by atoms with E-state index < -0.39 is 0 Å². The number of nitrogens with zero attached hydrogens (tertiary/aromatic N) is 5. The molecule has 28 heavy (non-hydrogen) atoms. The van der Waals surface area contributed by atoms with Crippen molar-refractivity contribution in [3.8, 4) is 0 Å². The molecule has 1 aromatic rings. The molecule has 2 saturated heterocycles. The maximum atomic E-state index is 5.50. The SMILES string of the molecule is CC1N=C2C(N3CCOCC3)=CC=NN2C1c1ccc(C2CCOCC2)nc1. The summed E-state index contributed by atoms with van der Waals surface area (Å²) < 4.78 is 11.0. The molecule has 7 heteroatoms. The summed E-state index contributed by atoms with van der Waals surface area (Å²) in [6, 6.07) is 4.61. The predicted molar refractivity (Wildman–Crippen MR) is 107 cm³/mol. The molecular formula is C21H27N5O2. The van der Waals surface area contributed by atoms with Crippen LogP contribution in [0.15, 0.2) is 40.2 Å². The van der Waals surface area contributed by atoms with Crippen LogP contribution in [0.3, 0.4) is 0 Å². The number of rotatable bonds is 3. The van der Waals surface area contributed by atoms with Gasteiger partial charge in [-0.25, -0.2) is 5.01 Å². The van der Waals surface area contributed by atoms with Crippen LogP contribution in [-0.4, -0.2) is 72.5 Å². The van der Waals surface area contributed by atoms with Gasteiger partial charge in [-0.2, -0.15) is 5.10 Å². The van der Waals surface area contributed by atoms with Crippen molar-refractivity contribution in [2.75, 3.05) is 39.5 Å². The molecular weight excluding hydrogens is 354 g/mol. The normalized spacial score (nSPS) is 28.2. The van der Waals surface area contributed by atoms with Crippen LogP contribution in [0, 0.1) is 0 Å². The molecule has 148 valence electrons. The third kappa shape index (κ3) is 3.22. The largest absolute Gasteiger partial charge is 0.381 e. The number of hydrogen-bond acceptors (Lipinski definition) is 7. The Labute approximate surface area is 165 Å². The van der Waals surface area contributed by atoms with Crippen molar-refractivity contribution in [1.29, 1.82) is 0 Å². The van der Waals surface area contributed by atoms with E-state index in [9.17, 15) is 0 Å². The van der Waals surface area contributed by atoms with Crippen LogP contribution >= 0.6 is 0 Å². The molecule has 4 aliphatic heterocycles. The van der Waals surface area contributed by atoms with E-state index in [1.807, 2.05) is 12.4 Å². The van der Waals surface area contributed by atoms with Crippen LogP contribution in [0.4, 0.5) is 0 Å². The van der Waals surface area contributed by atoms with Gasteiger partial charge in [-0.15, -0.1) is 0 Å². The van der Waals surface area contributed by atoms with Crippen molar-refractivity contribution in [2.24, 2.45) is 10.1 Å². The van der Waals surface area contributed by atoms with Gasteiger partial charge in [0.25, 0.3) is 0 Å². The summed E-state index contributed by atoms with van der Waals surface area (Å²) in [7, 11) is 0. The Morgan fingerprint density at radius 3 is 2.57 bits per heavy atom. The molecule has 0 aliphatic carbocycles. The van der Waals surface area contributed by atoms with Crippen LogP contribution < -0.4 is 0 Å². The minimum Gasteiger partial charge on any atom is -0.381 e. The molecule has 2 unspecified atom stereocenters. The quantitative estimate of drug-likeness (QED) is 0.804. The first kappa shape index (κ1) is 17.8. The number of pyridine rings is 1. The fourth-order valence-corrected chi connectivity index (χ4v) is 4.52. The molecule has 5 rings (SSSR count). The zero-order valence-electron chi connectivity index (χ0n) is 16.3.